The molecule has 1 aromatic heterocycles. The van der Waals surface area contributed by atoms with E-state index < -0.39 is 17.6 Å². The minimum absolute atomic E-state index is 0.0619. The number of nitrogens with one attached hydrogen (secondary N) is 2. The summed E-state index contributed by atoms with van der Waals surface area (Å²) in [7, 11) is 0. The van der Waals surface area contributed by atoms with Gasteiger partial charge in [-0.1, -0.05) is 47.5 Å². The fraction of sp³-hybridized carbons (Fsp3) is 0.320. The molecule has 1 unspecified atom stereocenters. The largest absolute Gasteiger partial charge is 0.480 e. The number of carbonyl (C=O) groups is 1. The van der Waals surface area contributed by atoms with Gasteiger partial charge in [0.05, 0.1) is 24.1 Å². The van der Waals surface area contributed by atoms with Crippen molar-refractivity contribution in [1.29, 1.82) is 0 Å². The van der Waals surface area contributed by atoms with Crippen molar-refractivity contribution in [3.63, 3.8) is 0 Å². The molecule has 0 bridgehead atoms. The van der Waals surface area contributed by atoms with Crippen molar-refractivity contribution in [1.82, 2.24) is 15.3 Å². The van der Waals surface area contributed by atoms with E-state index in [4.69, 9.17) is 33.7 Å². The lowest BCUT2D eigenvalue weighted by Crippen LogP contribution is -2.42. The van der Waals surface area contributed by atoms with Crippen molar-refractivity contribution in [3.8, 4) is 11.3 Å². The average molecular weight is 518 g/mol. The van der Waals surface area contributed by atoms with Crippen molar-refractivity contribution >= 4 is 40.8 Å². The number of hydrogen-bond donors (Lipinski definition) is 4. The number of nitrogen functional groups attached to an aromatic ring is 1. The fourth-order valence-electron chi connectivity index (χ4n) is 3.17. The normalized spacial score (nSPS) is 12.4. The predicted molar refractivity (Wildman–Crippen MR) is 140 cm³/mol. The second kappa shape index (κ2) is 11.7. The SMILES string of the molecule is CC(C)(C)OCC(NCc1cccc(-c2cnc(N)c(NCc3c(Cl)cccc3Cl)n2)c1)C(=O)O. The van der Waals surface area contributed by atoms with Crippen LogP contribution in [0, 0.1) is 0 Å². The molecule has 10 heteroatoms. The van der Waals surface area contributed by atoms with E-state index in [-0.39, 0.29) is 12.4 Å². The van der Waals surface area contributed by atoms with E-state index in [9.17, 15) is 9.90 Å². The van der Waals surface area contributed by atoms with E-state index in [0.29, 0.717) is 34.6 Å². The summed E-state index contributed by atoms with van der Waals surface area (Å²) in [5, 5.41) is 16.8. The lowest BCUT2D eigenvalue weighted by atomic mass is 10.1. The Labute approximate surface area is 214 Å². The Kier molecular flexibility index (Phi) is 8.91. The van der Waals surface area contributed by atoms with E-state index in [1.54, 1.807) is 24.4 Å². The van der Waals surface area contributed by atoms with Gasteiger partial charge >= 0.3 is 5.97 Å². The Morgan fingerprint density at radius 1 is 1.14 bits per heavy atom. The number of benzene rings is 2. The quantitative estimate of drug-likeness (QED) is 0.296. The molecule has 0 aliphatic rings. The van der Waals surface area contributed by atoms with Crippen LogP contribution in [0.15, 0.2) is 48.7 Å². The third kappa shape index (κ3) is 7.80. The zero-order chi connectivity index (χ0) is 25.6. The van der Waals surface area contributed by atoms with E-state index in [2.05, 4.69) is 20.6 Å². The standard InChI is InChI=1S/C25H29Cl2N5O3/c1-25(2,3)35-14-21(24(33)34)29-11-15-6-4-7-16(10-15)20-13-30-22(28)23(32-20)31-12-17-18(26)8-5-9-19(17)27/h4-10,13,21,29H,11-12,14H2,1-3H3,(H2,28,30)(H,31,32)(H,33,34). The van der Waals surface area contributed by atoms with Crippen LogP contribution in [0.5, 0.6) is 0 Å². The van der Waals surface area contributed by atoms with Gasteiger partial charge in [0.15, 0.2) is 11.6 Å². The molecule has 1 atom stereocenters. The lowest BCUT2D eigenvalue weighted by molar-refractivity contribution is -0.142. The first-order valence-electron chi connectivity index (χ1n) is 11.0. The Balaban J connectivity index is 1.72. The molecular weight excluding hydrogens is 489 g/mol. The van der Waals surface area contributed by atoms with E-state index in [1.807, 2.05) is 45.0 Å². The van der Waals surface area contributed by atoms with E-state index in [1.165, 1.54) is 0 Å². The van der Waals surface area contributed by atoms with Gasteiger partial charge < -0.3 is 20.9 Å². The number of carboxylic acids is 1. The highest BCUT2D eigenvalue weighted by Crippen LogP contribution is 2.27. The number of hydrogen-bond acceptors (Lipinski definition) is 7. The maximum absolute atomic E-state index is 11.6. The number of aliphatic carboxylic acids is 1. The van der Waals surface area contributed by atoms with Crippen LogP contribution in [-0.4, -0.2) is 39.3 Å². The van der Waals surface area contributed by atoms with Gasteiger partial charge in [-0.25, -0.2) is 9.97 Å². The third-order valence-electron chi connectivity index (χ3n) is 5.05. The highest BCUT2D eigenvalue weighted by molar-refractivity contribution is 6.36. The smallest absolute Gasteiger partial charge is 0.323 e. The maximum Gasteiger partial charge on any atom is 0.323 e. The van der Waals surface area contributed by atoms with Gasteiger partial charge in [-0.2, -0.15) is 0 Å². The first kappa shape index (κ1) is 26.7. The van der Waals surface area contributed by atoms with Crippen molar-refractivity contribution in [2.75, 3.05) is 17.7 Å². The van der Waals surface area contributed by atoms with Crippen LogP contribution in [0.2, 0.25) is 10.0 Å². The molecule has 2 aromatic carbocycles. The summed E-state index contributed by atoms with van der Waals surface area (Å²) >= 11 is 12.5. The van der Waals surface area contributed by atoms with Crippen molar-refractivity contribution in [3.05, 3.63) is 69.8 Å². The van der Waals surface area contributed by atoms with Crippen LogP contribution in [0.4, 0.5) is 11.6 Å². The minimum atomic E-state index is -0.968. The van der Waals surface area contributed by atoms with E-state index in [0.717, 1.165) is 16.7 Å². The van der Waals surface area contributed by atoms with Crippen molar-refractivity contribution in [2.45, 2.75) is 45.5 Å². The van der Waals surface area contributed by atoms with Crippen LogP contribution >= 0.6 is 23.2 Å². The number of anilines is 2. The molecule has 1 heterocycles. The molecule has 0 radical (unpaired) electrons. The van der Waals surface area contributed by atoms with E-state index >= 15 is 0 Å². The number of nitrogens with two attached hydrogens (primary N) is 1. The second-order valence-corrected chi connectivity index (χ2v) is 9.75. The number of rotatable bonds is 10. The maximum atomic E-state index is 11.6. The molecule has 0 aliphatic heterocycles. The van der Waals surface area contributed by atoms with Crippen molar-refractivity contribution < 1.29 is 14.6 Å². The number of halogens is 2. The van der Waals surface area contributed by atoms with Crippen LogP contribution in [0.1, 0.15) is 31.9 Å². The molecule has 5 N–H and O–H groups in total. The monoisotopic (exact) mass is 517 g/mol. The molecule has 0 fully saturated rings. The Bertz CT molecular complexity index is 1160. The zero-order valence-corrected chi connectivity index (χ0v) is 21.3. The Morgan fingerprint density at radius 2 is 1.83 bits per heavy atom. The van der Waals surface area contributed by atoms with Gasteiger partial charge in [-0.15, -0.1) is 0 Å². The minimum Gasteiger partial charge on any atom is -0.480 e. The molecule has 8 nitrogen and oxygen atoms in total. The summed E-state index contributed by atoms with van der Waals surface area (Å²) in [6.45, 7) is 6.39. The summed E-state index contributed by atoms with van der Waals surface area (Å²) in [4.78, 5) is 20.5. The van der Waals surface area contributed by atoms with Gasteiger partial charge in [0, 0.05) is 34.3 Å². The van der Waals surface area contributed by atoms with Gasteiger partial charge in [0.25, 0.3) is 0 Å². The predicted octanol–water partition coefficient (Wildman–Crippen LogP) is 5.00. The Hall–Kier alpha value is -2.91. The first-order valence-corrected chi connectivity index (χ1v) is 11.8. The zero-order valence-electron chi connectivity index (χ0n) is 19.8. The molecule has 35 heavy (non-hydrogen) atoms. The van der Waals surface area contributed by atoms with Crippen molar-refractivity contribution in [2.24, 2.45) is 0 Å². The molecule has 3 rings (SSSR count). The van der Waals surface area contributed by atoms with Crippen LogP contribution in [-0.2, 0) is 22.6 Å². The molecule has 0 saturated carbocycles. The summed E-state index contributed by atoms with van der Waals surface area (Å²) in [5.41, 5.74) is 8.65. The molecular formula is C25H29Cl2N5O3. The highest BCUT2D eigenvalue weighted by atomic mass is 35.5. The van der Waals surface area contributed by atoms with Gasteiger partial charge in [0.2, 0.25) is 0 Å². The number of ether oxygens (including phenoxy) is 1. The first-order chi connectivity index (χ1) is 16.5. The number of carboxylic acid groups (broad SMARTS) is 1. The van der Waals surface area contributed by atoms with Crippen LogP contribution in [0.25, 0.3) is 11.3 Å². The molecule has 0 spiro atoms. The van der Waals surface area contributed by atoms with Crippen LogP contribution in [0.3, 0.4) is 0 Å². The molecule has 3 aromatic rings. The number of nitrogens with zero attached hydrogens (tertiary/aromatic N) is 2. The average Bonchev–Trinajstić information content (AvgIpc) is 2.79. The highest BCUT2D eigenvalue weighted by Gasteiger charge is 2.21. The van der Waals surface area contributed by atoms with Crippen LogP contribution < -0.4 is 16.4 Å². The molecule has 0 amide bonds. The summed E-state index contributed by atoms with van der Waals surface area (Å²) in [6.07, 6.45) is 1.59. The Morgan fingerprint density at radius 3 is 2.49 bits per heavy atom. The second-order valence-electron chi connectivity index (χ2n) is 8.94. The summed E-state index contributed by atoms with van der Waals surface area (Å²) < 4.78 is 5.63. The van der Waals surface area contributed by atoms with Gasteiger partial charge in [-0.3, -0.25) is 10.1 Å². The molecule has 0 aliphatic carbocycles. The third-order valence-corrected chi connectivity index (χ3v) is 5.76. The summed E-state index contributed by atoms with van der Waals surface area (Å²) in [5.74, 6) is -0.311. The molecule has 0 saturated heterocycles. The molecule has 186 valence electrons. The number of aromatic nitrogens is 2. The van der Waals surface area contributed by atoms with Gasteiger partial charge in [-0.05, 0) is 44.5 Å². The topological polar surface area (TPSA) is 122 Å². The fourth-order valence-corrected chi connectivity index (χ4v) is 3.70. The summed E-state index contributed by atoms with van der Waals surface area (Å²) in [6, 6.07) is 12.1. The van der Waals surface area contributed by atoms with Gasteiger partial charge in [0.1, 0.15) is 6.04 Å². The lowest BCUT2D eigenvalue weighted by Gasteiger charge is -2.23.